The molecule has 2 heterocycles. The number of oxazole rings is 1. The summed E-state index contributed by atoms with van der Waals surface area (Å²) in [5.74, 6) is -0.0484. The fourth-order valence-corrected chi connectivity index (χ4v) is 2.43. The Morgan fingerprint density at radius 2 is 2.24 bits per heavy atom. The van der Waals surface area contributed by atoms with Crippen LogP contribution in [0.4, 0.5) is 4.79 Å². The summed E-state index contributed by atoms with van der Waals surface area (Å²) >= 11 is 1.27. The monoisotopic (exact) mass is 309 g/mol. The normalized spacial score (nSPS) is 11.9. The van der Waals surface area contributed by atoms with E-state index in [4.69, 9.17) is 9.52 Å². The largest absolute Gasteiger partial charge is 0.479 e. The number of aliphatic carboxylic acids is 1. The van der Waals surface area contributed by atoms with Crippen molar-refractivity contribution in [2.75, 3.05) is 0 Å². The maximum Gasteiger partial charge on any atom is 0.331 e. The summed E-state index contributed by atoms with van der Waals surface area (Å²) in [6.45, 7) is 3.68. The Bertz CT molecular complexity index is 616. The lowest BCUT2D eigenvalue weighted by Gasteiger charge is -2.13. The molecule has 0 aromatic carbocycles. The van der Waals surface area contributed by atoms with Gasteiger partial charge in [0.1, 0.15) is 5.76 Å². The molecule has 3 N–H and O–H groups in total. The van der Waals surface area contributed by atoms with Crippen molar-refractivity contribution in [3.8, 4) is 0 Å². The van der Waals surface area contributed by atoms with Crippen LogP contribution in [0.2, 0.25) is 0 Å². The first-order valence-corrected chi connectivity index (χ1v) is 7.09. The Kier molecular flexibility index (Phi) is 4.59. The molecule has 0 aliphatic carbocycles. The number of carbonyl (C=O) groups is 2. The zero-order chi connectivity index (χ0) is 15.4. The molecule has 0 aliphatic heterocycles. The maximum atomic E-state index is 11.8. The summed E-state index contributed by atoms with van der Waals surface area (Å²) in [6, 6.07) is 1.72. The number of carbonyl (C=O) groups excluding carboxylic acids is 1. The van der Waals surface area contributed by atoms with Crippen LogP contribution in [0, 0.1) is 13.8 Å². The van der Waals surface area contributed by atoms with E-state index in [1.807, 2.05) is 0 Å². The molecule has 0 aliphatic rings. The van der Waals surface area contributed by atoms with Gasteiger partial charge in [-0.25, -0.2) is 14.6 Å². The van der Waals surface area contributed by atoms with Gasteiger partial charge < -0.3 is 20.2 Å². The SMILES string of the molecule is Cc1nc(CNC(=O)NC(C(=O)O)c2cccs2)oc1C. The van der Waals surface area contributed by atoms with Crippen molar-refractivity contribution in [2.24, 2.45) is 0 Å². The summed E-state index contributed by atoms with van der Waals surface area (Å²) in [6.07, 6.45) is 0. The van der Waals surface area contributed by atoms with Crippen molar-refractivity contribution in [3.05, 3.63) is 39.7 Å². The van der Waals surface area contributed by atoms with E-state index < -0.39 is 18.0 Å². The molecule has 2 aromatic heterocycles. The number of nitrogens with zero attached hydrogens (tertiary/aromatic N) is 1. The number of carboxylic acids is 1. The van der Waals surface area contributed by atoms with E-state index in [-0.39, 0.29) is 6.54 Å². The molecular formula is C13H15N3O4S. The van der Waals surface area contributed by atoms with E-state index in [2.05, 4.69) is 15.6 Å². The fourth-order valence-electron chi connectivity index (χ4n) is 1.66. The summed E-state index contributed by atoms with van der Waals surface area (Å²) < 4.78 is 5.32. The van der Waals surface area contributed by atoms with Crippen LogP contribution >= 0.6 is 11.3 Å². The summed E-state index contributed by atoms with van der Waals surface area (Å²) in [7, 11) is 0. The maximum absolute atomic E-state index is 11.8. The van der Waals surface area contributed by atoms with Crippen molar-refractivity contribution in [3.63, 3.8) is 0 Å². The second kappa shape index (κ2) is 6.40. The average molecular weight is 309 g/mol. The predicted octanol–water partition coefficient (Wildman–Crippen LogP) is 1.98. The van der Waals surface area contributed by atoms with Crippen molar-refractivity contribution < 1.29 is 19.1 Å². The summed E-state index contributed by atoms with van der Waals surface area (Å²) in [5, 5.41) is 15.8. The number of nitrogens with one attached hydrogen (secondary N) is 2. The van der Waals surface area contributed by atoms with Crippen molar-refractivity contribution in [2.45, 2.75) is 26.4 Å². The number of aryl methyl sites for hydroxylation is 2. The second-order valence-electron chi connectivity index (χ2n) is 4.36. The molecule has 0 bridgehead atoms. The lowest BCUT2D eigenvalue weighted by Crippen LogP contribution is -2.40. The molecule has 2 rings (SSSR count). The number of aromatic nitrogens is 1. The van der Waals surface area contributed by atoms with Gasteiger partial charge in [-0.3, -0.25) is 0 Å². The van der Waals surface area contributed by atoms with E-state index >= 15 is 0 Å². The van der Waals surface area contributed by atoms with Crippen LogP contribution in [-0.4, -0.2) is 22.1 Å². The molecule has 0 fully saturated rings. The topological polar surface area (TPSA) is 104 Å². The Labute approximate surface area is 125 Å². The van der Waals surface area contributed by atoms with Crippen LogP contribution < -0.4 is 10.6 Å². The Hall–Kier alpha value is -2.35. The smallest absolute Gasteiger partial charge is 0.331 e. The van der Waals surface area contributed by atoms with Gasteiger partial charge in [0.2, 0.25) is 5.89 Å². The van der Waals surface area contributed by atoms with Crippen molar-refractivity contribution in [1.29, 1.82) is 0 Å². The standard InChI is InChI=1S/C13H15N3O4S/c1-7-8(2)20-10(15-7)6-14-13(19)16-11(12(17)18)9-4-3-5-21-9/h3-5,11H,6H2,1-2H3,(H,17,18)(H2,14,16,19). The van der Waals surface area contributed by atoms with Gasteiger partial charge >= 0.3 is 12.0 Å². The second-order valence-corrected chi connectivity index (χ2v) is 5.34. The van der Waals surface area contributed by atoms with Gasteiger partial charge in [-0.15, -0.1) is 11.3 Å². The third-order valence-electron chi connectivity index (χ3n) is 2.82. The van der Waals surface area contributed by atoms with Gasteiger partial charge in [0.25, 0.3) is 0 Å². The molecule has 2 amide bonds. The molecule has 2 aromatic rings. The zero-order valence-electron chi connectivity index (χ0n) is 11.5. The highest BCUT2D eigenvalue weighted by Gasteiger charge is 2.23. The molecule has 1 unspecified atom stereocenters. The van der Waals surface area contributed by atoms with Crippen LogP contribution in [0.3, 0.4) is 0 Å². The lowest BCUT2D eigenvalue weighted by molar-refractivity contribution is -0.139. The molecule has 8 heteroatoms. The summed E-state index contributed by atoms with van der Waals surface area (Å²) in [5.41, 5.74) is 0.759. The van der Waals surface area contributed by atoms with Crippen LogP contribution in [-0.2, 0) is 11.3 Å². The minimum atomic E-state index is -1.12. The van der Waals surface area contributed by atoms with E-state index in [0.717, 1.165) is 5.69 Å². The first-order valence-electron chi connectivity index (χ1n) is 6.21. The van der Waals surface area contributed by atoms with Crippen molar-refractivity contribution in [1.82, 2.24) is 15.6 Å². The number of urea groups is 1. The predicted molar refractivity (Wildman–Crippen MR) is 76.0 cm³/mol. The van der Waals surface area contributed by atoms with Crippen LogP contribution in [0.1, 0.15) is 28.3 Å². The van der Waals surface area contributed by atoms with E-state index in [1.54, 1.807) is 31.4 Å². The number of rotatable bonds is 5. The molecule has 7 nitrogen and oxygen atoms in total. The quantitative estimate of drug-likeness (QED) is 0.783. The number of hydrogen-bond donors (Lipinski definition) is 3. The first-order chi connectivity index (χ1) is 9.97. The van der Waals surface area contributed by atoms with E-state index in [0.29, 0.717) is 16.5 Å². The number of amides is 2. The summed E-state index contributed by atoms with van der Waals surface area (Å²) in [4.78, 5) is 27.6. The number of hydrogen-bond acceptors (Lipinski definition) is 5. The molecular weight excluding hydrogens is 294 g/mol. The Balaban J connectivity index is 1.92. The highest BCUT2D eigenvalue weighted by Crippen LogP contribution is 2.19. The fraction of sp³-hybridized carbons (Fsp3) is 0.308. The van der Waals surface area contributed by atoms with E-state index in [1.165, 1.54) is 11.3 Å². The molecule has 1 atom stereocenters. The molecule has 0 saturated heterocycles. The van der Waals surface area contributed by atoms with Gasteiger partial charge in [0.05, 0.1) is 12.2 Å². The molecule has 0 spiro atoms. The third kappa shape index (κ3) is 3.82. The molecule has 21 heavy (non-hydrogen) atoms. The van der Waals surface area contributed by atoms with Crippen LogP contribution in [0.25, 0.3) is 0 Å². The first kappa shape index (κ1) is 15.0. The van der Waals surface area contributed by atoms with Gasteiger partial charge in [-0.2, -0.15) is 0 Å². The van der Waals surface area contributed by atoms with Crippen LogP contribution in [0.15, 0.2) is 21.9 Å². The van der Waals surface area contributed by atoms with Gasteiger partial charge in [0, 0.05) is 4.88 Å². The molecule has 0 saturated carbocycles. The third-order valence-corrected chi connectivity index (χ3v) is 3.76. The Morgan fingerprint density at radius 3 is 2.76 bits per heavy atom. The lowest BCUT2D eigenvalue weighted by atomic mass is 10.2. The van der Waals surface area contributed by atoms with Crippen molar-refractivity contribution >= 4 is 23.3 Å². The van der Waals surface area contributed by atoms with Crippen LogP contribution in [0.5, 0.6) is 0 Å². The minimum Gasteiger partial charge on any atom is -0.479 e. The molecule has 0 radical (unpaired) electrons. The zero-order valence-corrected chi connectivity index (χ0v) is 12.4. The van der Waals surface area contributed by atoms with E-state index in [9.17, 15) is 9.59 Å². The number of thiophene rings is 1. The highest BCUT2D eigenvalue weighted by molar-refractivity contribution is 7.10. The van der Waals surface area contributed by atoms with Gasteiger partial charge in [-0.05, 0) is 25.3 Å². The van der Waals surface area contributed by atoms with Gasteiger partial charge in [-0.1, -0.05) is 6.07 Å². The highest BCUT2D eigenvalue weighted by atomic mass is 32.1. The average Bonchev–Trinajstić information content (AvgIpc) is 3.04. The Morgan fingerprint density at radius 1 is 1.48 bits per heavy atom. The minimum absolute atomic E-state index is 0.0945. The van der Waals surface area contributed by atoms with Gasteiger partial charge in [0.15, 0.2) is 6.04 Å². The number of carboxylic acid groups (broad SMARTS) is 1. The molecule has 112 valence electrons.